The van der Waals surface area contributed by atoms with Crippen LogP contribution in [0.4, 0.5) is 0 Å². The Hall–Kier alpha value is 0.346. The molecule has 4 nitrogen and oxygen atoms in total. The molecule has 0 saturated heterocycles. The summed E-state index contributed by atoms with van der Waals surface area (Å²) in [5, 5.41) is 12.6. The molecule has 1 aromatic heterocycles. The number of hydroxylamine groups is 2. The molecule has 0 spiro atoms. The molecule has 2 rings (SSSR count). The molecule has 1 saturated carbocycles. The molecule has 1 aliphatic rings. The summed E-state index contributed by atoms with van der Waals surface area (Å²) in [6, 6.07) is 1.50. The van der Waals surface area contributed by atoms with Gasteiger partial charge in [0.25, 0.3) is 0 Å². The Morgan fingerprint density at radius 3 is 2.44 bits per heavy atom. The largest absolute Gasteiger partial charge is 1.00 e. The quantitative estimate of drug-likeness (QED) is 0.571. The van der Waals surface area contributed by atoms with Crippen molar-refractivity contribution in [1.29, 1.82) is 0 Å². The topological polar surface area (TPSA) is 56.5 Å². The maximum atomic E-state index is 12.0. The minimum Gasteiger partial charge on any atom is -0.756 e. The summed E-state index contributed by atoms with van der Waals surface area (Å²) < 4.78 is 5.29. The smallest absolute Gasteiger partial charge is 0.756 e. The molecule has 0 atom stereocenters. The van der Waals surface area contributed by atoms with Gasteiger partial charge < -0.3 is 14.7 Å². The van der Waals surface area contributed by atoms with Crippen LogP contribution in [0.15, 0.2) is 10.5 Å². The number of carbonyl (C=O) groups excluding carboxylic acids is 1. The predicted molar refractivity (Wildman–Crippen MR) is 64.6 cm³/mol. The van der Waals surface area contributed by atoms with E-state index < -0.39 is 5.91 Å². The number of nitrogens with zero attached hydrogens (tertiary/aromatic N) is 1. The Bertz CT molecular complexity index is 410. The molecule has 0 bridgehead atoms. The first-order valence-electron chi connectivity index (χ1n) is 6.17. The van der Waals surface area contributed by atoms with Gasteiger partial charge in [0.15, 0.2) is 0 Å². The monoisotopic (exact) mass is 275 g/mol. The summed E-state index contributed by atoms with van der Waals surface area (Å²) in [5.74, 6) is 0.748. The molecular weight excluding hydrogens is 257 g/mol. The van der Waals surface area contributed by atoms with Gasteiger partial charge in [0.1, 0.15) is 11.5 Å². The van der Waals surface area contributed by atoms with Crippen LogP contribution in [-0.4, -0.2) is 17.0 Å². The molecule has 94 valence electrons. The van der Waals surface area contributed by atoms with E-state index >= 15 is 0 Å². The van der Waals surface area contributed by atoms with Crippen LogP contribution in [0.2, 0.25) is 0 Å². The maximum Gasteiger partial charge on any atom is 1.00 e. The third-order valence-electron chi connectivity index (χ3n) is 3.38. The molecular formula is C13H18KNO3. The third-order valence-corrected chi connectivity index (χ3v) is 3.38. The van der Waals surface area contributed by atoms with Crippen molar-refractivity contribution in [1.82, 2.24) is 5.06 Å². The number of aryl methyl sites for hydroxylation is 2. The SMILES string of the molecule is Cc1cc(C(=O)N([O-])C2CCCCC2)c(C)o1.[K+]. The molecule has 0 aromatic carbocycles. The Kier molecular flexibility index (Phi) is 6.57. The first kappa shape index (κ1) is 16.4. The number of furan rings is 1. The van der Waals surface area contributed by atoms with E-state index in [4.69, 9.17) is 4.42 Å². The maximum absolute atomic E-state index is 12.0. The second-order valence-corrected chi connectivity index (χ2v) is 4.75. The van der Waals surface area contributed by atoms with Crippen LogP contribution in [0.3, 0.4) is 0 Å². The minimum absolute atomic E-state index is 0. The van der Waals surface area contributed by atoms with E-state index in [-0.39, 0.29) is 57.4 Å². The summed E-state index contributed by atoms with van der Waals surface area (Å²) in [6.07, 6.45) is 4.90. The Labute approximate surface area is 150 Å². The average Bonchev–Trinajstić information content (AvgIpc) is 2.68. The van der Waals surface area contributed by atoms with Crippen molar-refractivity contribution in [2.75, 3.05) is 0 Å². The molecule has 0 aliphatic heterocycles. The van der Waals surface area contributed by atoms with Crippen molar-refractivity contribution in [2.24, 2.45) is 0 Å². The van der Waals surface area contributed by atoms with Gasteiger partial charge >= 0.3 is 51.4 Å². The van der Waals surface area contributed by atoms with Gasteiger partial charge in [-0.15, -0.1) is 0 Å². The van der Waals surface area contributed by atoms with Gasteiger partial charge in [0.05, 0.1) is 5.56 Å². The van der Waals surface area contributed by atoms with Gasteiger partial charge in [-0.1, -0.05) is 19.3 Å². The standard InChI is InChI=1S/C13H18NO3.K/c1-9-8-12(10(2)17-9)13(15)14(16)11-6-4-3-5-7-11;/h8,11H,3-7H2,1-2H3;/q-1;+1. The Balaban J connectivity index is 0.00000162. The van der Waals surface area contributed by atoms with Crippen molar-refractivity contribution in [3.63, 3.8) is 0 Å². The summed E-state index contributed by atoms with van der Waals surface area (Å²) in [7, 11) is 0. The van der Waals surface area contributed by atoms with E-state index in [1.165, 1.54) is 6.42 Å². The van der Waals surface area contributed by atoms with E-state index in [0.717, 1.165) is 25.7 Å². The second kappa shape index (κ2) is 7.21. The van der Waals surface area contributed by atoms with Gasteiger partial charge in [0, 0.05) is 6.04 Å². The van der Waals surface area contributed by atoms with E-state index in [0.29, 0.717) is 22.1 Å². The van der Waals surface area contributed by atoms with Gasteiger partial charge in [-0.25, -0.2) is 0 Å². The van der Waals surface area contributed by atoms with Gasteiger partial charge in [-0.05, 0) is 32.8 Å². The van der Waals surface area contributed by atoms with Crippen LogP contribution in [0, 0.1) is 19.1 Å². The predicted octanol–water partition coefficient (Wildman–Crippen LogP) is 0.173. The Morgan fingerprint density at radius 1 is 1.33 bits per heavy atom. The summed E-state index contributed by atoms with van der Waals surface area (Å²) in [4.78, 5) is 12.0. The normalized spacial score (nSPS) is 16.2. The van der Waals surface area contributed by atoms with Crippen LogP contribution < -0.4 is 51.4 Å². The van der Waals surface area contributed by atoms with Crippen LogP contribution in [0.25, 0.3) is 0 Å². The molecule has 1 aromatic rings. The fourth-order valence-electron chi connectivity index (χ4n) is 2.44. The average molecular weight is 275 g/mol. The molecule has 0 unspecified atom stereocenters. The zero-order valence-corrected chi connectivity index (χ0v) is 14.5. The Morgan fingerprint density at radius 2 is 1.94 bits per heavy atom. The molecule has 1 aliphatic carbocycles. The molecule has 5 heteroatoms. The second-order valence-electron chi connectivity index (χ2n) is 4.75. The fourth-order valence-corrected chi connectivity index (χ4v) is 2.44. The number of amides is 1. The summed E-state index contributed by atoms with van der Waals surface area (Å²) >= 11 is 0. The first-order valence-corrected chi connectivity index (χ1v) is 6.17. The van der Waals surface area contributed by atoms with Crippen LogP contribution in [0.1, 0.15) is 54.0 Å². The molecule has 1 fully saturated rings. The zero-order chi connectivity index (χ0) is 12.4. The van der Waals surface area contributed by atoms with Crippen molar-refractivity contribution in [3.8, 4) is 0 Å². The molecule has 0 N–H and O–H groups in total. The molecule has 0 radical (unpaired) electrons. The first-order chi connectivity index (χ1) is 8.09. The van der Waals surface area contributed by atoms with Gasteiger partial charge in [0.2, 0.25) is 5.91 Å². The molecule has 1 amide bonds. The van der Waals surface area contributed by atoms with Gasteiger partial charge in [-0.2, -0.15) is 0 Å². The van der Waals surface area contributed by atoms with Crippen molar-refractivity contribution < 1.29 is 60.6 Å². The minimum atomic E-state index is -0.453. The third kappa shape index (κ3) is 3.68. The van der Waals surface area contributed by atoms with E-state index in [1.807, 2.05) is 0 Å². The molecule has 1 heterocycles. The van der Waals surface area contributed by atoms with Gasteiger partial charge in [-0.3, -0.25) is 4.79 Å². The fraction of sp³-hybridized carbons (Fsp3) is 0.615. The van der Waals surface area contributed by atoms with E-state index in [9.17, 15) is 10.0 Å². The number of carbonyl (C=O) groups is 1. The number of hydrogen-bond donors (Lipinski definition) is 0. The summed E-state index contributed by atoms with van der Waals surface area (Å²) in [6.45, 7) is 3.49. The van der Waals surface area contributed by atoms with Crippen molar-refractivity contribution >= 4 is 5.91 Å². The van der Waals surface area contributed by atoms with E-state index in [2.05, 4.69) is 0 Å². The number of hydrogen-bond acceptors (Lipinski definition) is 3. The van der Waals surface area contributed by atoms with Crippen LogP contribution >= 0.6 is 0 Å². The van der Waals surface area contributed by atoms with Crippen LogP contribution in [-0.2, 0) is 0 Å². The van der Waals surface area contributed by atoms with Crippen molar-refractivity contribution in [2.45, 2.75) is 52.0 Å². The zero-order valence-electron chi connectivity index (χ0n) is 11.4. The summed E-state index contributed by atoms with van der Waals surface area (Å²) in [5.41, 5.74) is 0.406. The number of rotatable bonds is 2. The van der Waals surface area contributed by atoms with Crippen LogP contribution in [0.5, 0.6) is 0 Å². The van der Waals surface area contributed by atoms with Crippen molar-refractivity contribution in [3.05, 3.63) is 28.4 Å². The molecule has 18 heavy (non-hydrogen) atoms. The van der Waals surface area contributed by atoms with E-state index in [1.54, 1.807) is 19.9 Å².